The average Bonchev–Trinajstić information content (AvgIpc) is 3.26. The number of benzene rings is 2. The summed E-state index contributed by atoms with van der Waals surface area (Å²) in [5.74, 6) is 0.177. The number of nitrogens with zero attached hydrogens (tertiary/aromatic N) is 4. The van der Waals surface area contributed by atoms with Gasteiger partial charge in [0.05, 0.1) is 23.0 Å². The summed E-state index contributed by atoms with van der Waals surface area (Å²) < 4.78 is 32.6. The zero-order chi connectivity index (χ0) is 24.5. The zero-order valence-corrected chi connectivity index (χ0v) is 19.4. The normalized spacial score (nSPS) is 21.5. The highest BCUT2D eigenvalue weighted by Gasteiger charge is 2.45. The van der Waals surface area contributed by atoms with Gasteiger partial charge in [0.15, 0.2) is 0 Å². The molecule has 11 nitrogen and oxygen atoms in total. The van der Waals surface area contributed by atoms with Crippen molar-refractivity contribution < 1.29 is 28.0 Å². The minimum absolute atomic E-state index is 0.00974. The average molecular weight is 491 g/mol. The number of hydrogen-bond acceptors (Lipinski definition) is 8. The van der Waals surface area contributed by atoms with Crippen molar-refractivity contribution in [2.24, 2.45) is 0 Å². The lowest BCUT2D eigenvalue weighted by atomic mass is 10.1. The number of nitro groups is 1. The van der Waals surface area contributed by atoms with Gasteiger partial charge in [-0.2, -0.15) is 4.31 Å². The largest absolute Gasteiger partial charge is 0.497 e. The molecule has 2 saturated heterocycles. The Morgan fingerprint density at radius 1 is 1.06 bits per heavy atom. The monoisotopic (exact) mass is 490 g/mol. The lowest BCUT2D eigenvalue weighted by molar-refractivity contribution is -0.384. The standard InChI is InChI=1S/C22H26N4O7S/c1-33-19-6-8-20(9-7-19)34(31,32)25-15-18(27)14-21(25)22(28)24-12-10-23(11-13-24)16-2-4-17(5-3-16)26(29)30/h2-9,18,21,27H,10-15H2,1H3/t18-,21+/m1/s1. The summed E-state index contributed by atoms with van der Waals surface area (Å²) in [6.45, 7) is 1.61. The Morgan fingerprint density at radius 2 is 1.68 bits per heavy atom. The smallest absolute Gasteiger partial charge is 0.269 e. The van der Waals surface area contributed by atoms with Crippen molar-refractivity contribution in [1.82, 2.24) is 9.21 Å². The summed E-state index contributed by atoms with van der Waals surface area (Å²) in [6.07, 6.45) is -0.889. The van der Waals surface area contributed by atoms with Crippen LogP contribution >= 0.6 is 0 Å². The van der Waals surface area contributed by atoms with Gasteiger partial charge in [0.1, 0.15) is 11.8 Å². The van der Waals surface area contributed by atoms with Gasteiger partial charge >= 0.3 is 0 Å². The second-order valence-corrected chi connectivity index (χ2v) is 10.1. The van der Waals surface area contributed by atoms with Crippen molar-refractivity contribution in [2.75, 3.05) is 44.7 Å². The zero-order valence-electron chi connectivity index (χ0n) is 18.6. The Labute approximate surface area is 197 Å². The van der Waals surface area contributed by atoms with E-state index in [9.17, 15) is 28.4 Å². The predicted molar refractivity (Wildman–Crippen MR) is 123 cm³/mol. The number of ether oxygens (including phenoxy) is 1. The Kier molecular flexibility index (Phi) is 6.73. The molecule has 4 rings (SSSR count). The topological polar surface area (TPSA) is 134 Å². The van der Waals surface area contributed by atoms with Crippen LogP contribution in [0.5, 0.6) is 5.75 Å². The number of rotatable bonds is 6. The molecule has 34 heavy (non-hydrogen) atoms. The Balaban J connectivity index is 1.44. The molecule has 12 heteroatoms. The van der Waals surface area contributed by atoms with Crippen LogP contribution < -0.4 is 9.64 Å². The number of sulfonamides is 1. The minimum atomic E-state index is -3.99. The molecule has 0 bridgehead atoms. The summed E-state index contributed by atoms with van der Waals surface area (Å²) in [6, 6.07) is 11.2. The molecule has 0 spiro atoms. The summed E-state index contributed by atoms with van der Waals surface area (Å²) in [5.41, 5.74) is 0.827. The van der Waals surface area contributed by atoms with E-state index in [0.29, 0.717) is 31.9 Å². The molecule has 2 heterocycles. The number of aliphatic hydroxyl groups excluding tert-OH is 1. The fourth-order valence-corrected chi connectivity index (χ4v) is 5.97. The van der Waals surface area contributed by atoms with Crippen LogP contribution in [-0.4, -0.2) is 85.5 Å². The van der Waals surface area contributed by atoms with Crippen molar-refractivity contribution in [3.63, 3.8) is 0 Å². The van der Waals surface area contributed by atoms with E-state index < -0.39 is 27.1 Å². The summed E-state index contributed by atoms with van der Waals surface area (Å²) in [7, 11) is -2.51. The number of non-ortho nitro benzene ring substituents is 1. The van der Waals surface area contributed by atoms with Crippen LogP contribution in [0.1, 0.15) is 6.42 Å². The van der Waals surface area contributed by atoms with Gasteiger partial charge in [0.25, 0.3) is 5.69 Å². The van der Waals surface area contributed by atoms with Crippen LogP contribution in [0.4, 0.5) is 11.4 Å². The van der Waals surface area contributed by atoms with Gasteiger partial charge in [0.2, 0.25) is 15.9 Å². The number of nitro benzene ring substituents is 1. The third-order valence-corrected chi connectivity index (χ3v) is 8.09. The van der Waals surface area contributed by atoms with Crippen LogP contribution in [0.2, 0.25) is 0 Å². The number of carbonyl (C=O) groups is 1. The van der Waals surface area contributed by atoms with Gasteiger partial charge < -0.3 is 19.6 Å². The quantitative estimate of drug-likeness (QED) is 0.470. The number of hydrogen-bond donors (Lipinski definition) is 1. The molecule has 1 N–H and O–H groups in total. The number of aliphatic hydroxyl groups is 1. The number of piperazine rings is 1. The third kappa shape index (κ3) is 4.69. The Bertz CT molecular complexity index is 1150. The van der Waals surface area contributed by atoms with Crippen molar-refractivity contribution >= 4 is 27.3 Å². The molecular weight excluding hydrogens is 464 g/mol. The van der Waals surface area contributed by atoms with Gasteiger partial charge in [-0.1, -0.05) is 0 Å². The maximum Gasteiger partial charge on any atom is 0.269 e. The maximum atomic E-state index is 13.3. The lowest BCUT2D eigenvalue weighted by Crippen LogP contribution is -2.54. The molecule has 1 amide bonds. The second kappa shape index (κ2) is 9.57. The number of amides is 1. The first kappa shape index (κ1) is 23.9. The number of methoxy groups -OCH3 is 1. The first-order valence-corrected chi connectivity index (χ1v) is 12.3. The molecule has 2 fully saturated rings. The SMILES string of the molecule is COc1ccc(S(=O)(=O)N2C[C@H](O)C[C@H]2C(=O)N2CCN(c3ccc([N+](=O)[O-])cc3)CC2)cc1. The van der Waals surface area contributed by atoms with Crippen LogP contribution in [0.25, 0.3) is 0 Å². The van der Waals surface area contributed by atoms with E-state index in [1.165, 1.54) is 43.5 Å². The molecule has 2 aliphatic heterocycles. The third-order valence-electron chi connectivity index (χ3n) is 6.20. The first-order chi connectivity index (χ1) is 16.2. The van der Waals surface area contributed by atoms with E-state index >= 15 is 0 Å². The number of anilines is 1. The van der Waals surface area contributed by atoms with Crippen LogP contribution in [0, 0.1) is 10.1 Å². The maximum absolute atomic E-state index is 13.3. The first-order valence-electron chi connectivity index (χ1n) is 10.8. The highest BCUT2D eigenvalue weighted by atomic mass is 32.2. The molecule has 0 aromatic heterocycles. The highest BCUT2D eigenvalue weighted by molar-refractivity contribution is 7.89. The van der Waals surface area contributed by atoms with Crippen molar-refractivity contribution in [3.05, 3.63) is 58.6 Å². The number of β-amino-alcohol motifs (C(OH)–C–C–N with tert-alkyl or cyclic N) is 1. The molecular formula is C22H26N4O7S. The molecule has 0 unspecified atom stereocenters. The predicted octanol–water partition coefficient (Wildman–Crippen LogP) is 1.08. The Morgan fingerprint density at radius 3 is 2.24 bits per heavy atom. The van der Waals surface area contributed by atoms with E-state index in [1.807, 2.05) is 4.90 Å². The molecule has 2 aliphatic rings. The molecule has 0 aliphatic carbocycles. The lowest BCUT2D eigenvalue weighted by Gasteiger charge is -2.38. The molecule has 182 valence electrons. The van der Waals surface area contributed by atoms with Gasteiger partial charge in [-0.05, 0) is 36.4 Å². The van der Waals surface area contributed by atoms with Crippen LogP contribution in [-0.2, 0) is 14.8 Å². The molecule has 2 atom stereocenters. The fraction of sp³-hybridized carbons (Fsp3) is 0.409. The number of carbonyl (C=O) groups excluding carboxylic acids is 1. The van der Waals surface area contributed by atoms with Crippen LogP contribution in [0.15, 0.2) is 53.4 Å². The van der Waals surface area contributed by atoms with E-state index in [-0.39, 0.29) is 29.5 Å². The minimum Gasteiger partial charge on any atom is -0.497 e. The van der Waals surface area contributed by atoms with E-state index in [0.717, 1.165) is 9.99 Å². The second-order valence-electron chi connectivity index (χ2n) is 8.24. The van der Waals surface area contributed by atoms with Gasteiger partial charge in [-0.3, -0.25) is 14.9 Å². The summed E-state index contributed by atoms with van der Waals surface area (Å²) in [4.78, 5) is 27.3. The summed E-state index contributed by atoms with van der Waals surface area (Å²) >= 11 is 0. The highest BCUT2D eigenvalue weighted by Crippen LogP contribution is 2.29. The van der Waals surface area contributed by atoms with Gasteiger partial charge in [0, 0.05) is 57.0 Å². The van der Waals surface area contributed by atoms with E-state index in [4.69, 9.17) is 4.74 Å². The van der Waals surface area contributed by atoms with Crippen molar-refractivity contribution in [1.29, 1.82) is 0 Å². The van der Waals surface area contributed by atoms with E-state index in [1.54, 1.807) is 17.0 Å². The molecule has 2 aromatic carbocycles. The summed E-state index contributed by atoms with van der Waals surface area (Å²) in [5, 5.41) is 21.1. The van der Waals surface area contributed by atoms with Crippen molar-refractivity contribution in [2.45, 2.75) is 23.5 Å². The van der Waals surface area contributed by atoms with Gasteiger partial charge in [-0.25, -0.2) is 8.42 Å². The molecule has 0 saturated carbocycles. The molecule has 0 radical (unpaired) electrons. The van der Waals surface area contributed by atoms with E-state index in [2.05, 4.69) is 0 Å². The van der Waals surface area contributed by atoms with Gasteiger partial charge in [-0.15, -0.1) is 0 Å². The fourth-order valence-electron chi connectivity index (χ4n) is 4.34. The van der Waals surface area contributed by atoms with Crippen LogP contribution in [0.3, 0.4) is 0 Å². The molecule has 2 aromatic rings. The van der Waals surface area contributed by atoms with Crippen molar-refractivity contribution in [3.8, 4) is 5.75 Å². The Hall–Kier alpha value is -3.22.